The second-order valence-electron chi connectivity index (χ2n) is 3.22. The molecule has 1 unspecified atom stereocenters. The standard InChI is InChI=1S/C11H9NO2/c1-2-4-10-8(3-1)11-9(7-14-10)12-5-6-13-11/h1-5,7,11H,6H2. The van der Waals surface area contributed by atoms with Crippen LogP contribution in [0.15, 0.2) is 41.2 Å². The summed E-state index contributed by atoms with van der Waals surface area (Å²) >= 11 is 0. The molecule has 0 amide bonds. The van der Waals surface area contributed by atoms with E-state index in [-0.39, 0.29) is 6.10 Å². The highest BCUT2D eigenvalue weighted by molar-refractivity contribution is 5.62. The minimum Gasteiger partial charge on any atom is -0.463 e. The minimum absolute atomic E-state index is 0.0510. The summed E-state index contributed by atoms with van der Waals surface area (Å²) < 4.78 is 11.0. The van der Waals surface area contributed by atoms with Gasteiger partial charge in [0.2, 0.25) is 0 Å². The highest BCUT2D eigenvalue weighted by atomic mass is 16.5. The fourth-order valence-corrected chi connectivity index (χ4v) is 1.70. The molecule has 1 aromatic rings. The Hall–Kier alpha value is -1.61. The first-order chi connectivity index (χ1) is 6.95. The summed E-state index contributed by atoms with van der Waals surface area (Å²) in [5, 5.41) is 0. The highest BCUT2D eigenvalue weighted by Gasteiger charge is 2.26. The van der Waals surface area contributed by atoms with Crippen LogP contribution in [0.4, 0.5) is 0 Å². The van der Waals surface area contributed by atoms with Crippen LogP contribution in [0.5, 0.6) is 5.75 Å². The summed E-state index contributed by atoms with van der Waals surface area (Å²) in [6.45, 7) is 0.566. The lowest BCUT2D eigenvalue weighted by molar-refractivity contribution is 0.0950. The smallest absolute Gasteiger partial charge is 0.132 e. The average molecular weight is 187 g/mol. The van der Waals surface area contributed by atoms with Gasteiger partial charge in [-0.1, -0.05) is 18.2 Å². The Morgan fingerprint density at radius 1 is 1.29 bits per heavy atom. The molecule has 0 fully saturated rings. The van der Waals surface area contributed by atoms with Crippen molar-refractivity contribution in [2.24, 2.45) is 4.99 Å². The highest BCUT2D eigenvalue weighted by Crippen LogP contribution is 2.38. The van der Waals surface area contributed by atoms with Crippen LogP contribution in [-0.4, -0.2) is 12.8 Å². The first-order valence-corrected chi connectivity index (χ1v) is 4.55. The summed E-state index contributed by atoms with van der Waals surface area (Å²) in [6, 6.07) is 7.87. The van der Waals surface area contributed by atoms with Gasteiger partial charge in [-0.25, -0.2) is 0 Å². The van der Waals surface area contributed by atoms with E-state index in [1.807, 2.05) is 24.3 Å². The van der Waals surface area contributed by atoms with E-state index in [1.54, 1.807) is 12.5 Å². The largest absolute Gasteiger partial charge is 0.463 e. The van der Waals surface area contributed by atoms with Crippen LogP contribution in [0.3, 0.4) is 0 Å². The molecule has 3 nitrogen and oxygen atoms in total. The van der Waals surface area contributed by atoms with Crippen molar-refractivity contribution in [1.82, 2.24) is 0 Å². The molecule has 0 bridgehead atoms. The third kappa shape index (κ3) is 1.06. The Morgan fingerprint density at radius 2 is 2.21 bits per heavy atom. The molecule has 3 rings (SSSR count). The predicted molar refractivity (Wildman–Crippen MR) is 52.3 cm³/mol. The van der Waals surface area contributed by atoms with Gasteiger partial charge in [0.1, 0.15) is 23.8 Å². The number of rotatable bonds is 0. The van der Waals surface area contributed by atoms with Crippen molar-refractivity contribution >= 4 is 6.21 Å². The Labute approximate surface area is 81.7 Å². The van der Waals surface area contributed by atoms with E-state index in [0.717, 1.165) is 17.0 Å². The summed E-state index contributed by atoms with van der Waals surface area (Å²) in [5.41, 5.74) is 1.90. The Bertz CT molecular complexity index is 423. The van der Waals surface area contributed by atoms with Crippen molar-refractivity contribution in [3.63, 3.8) is 0 Å². The molecule has 2 heterocycles. The van der Waals surface area contributed by atoms with E-state index < -0.39 is 0 Å². The molecule has 2 aliphatic rings. The SMILES string of the molecule is C1=NC2=COc3ccccc3C2OC1. The Balaban J connectivity index is 2.11. The van der Waals surface area contributed by atoms with Crippen LogP contribution in [0.1, 0.15) is 11.7 Å². The lowest BCUT2D eigenvalue weighted by atomic mass is 10.0. The fourth-order valence-electron chi connectivity index (χ4n) is 1.70. The molecule has 0 aromatic heterocycles. The number of fused-ring (bicyclic) bond motifs is 3. The molecular weight excluding hydrogens is 178 g/mol. The third-order valence-electron chi connectivity index (χ3n) is 2.35. The fraction of sp³-hybridized carbons (Fsp3) is 0.182. The first-order valence-electron chi connectivity index (χ1n) is 4.55. The van der Waals surface area contributed by atoms with Crippen LogP contribution in [0.25, 0.3) is 0 Å². The molecule has 0 radical (unpaired) electrons. The maximum Gasteiger partial charge on any atom is 0.132 e. The molecule has 70 valence electrons. The zero-order chi connectivity index (χ0) is 9.38. The van der Waals surface area contributed by atoms with Gasteiger partial charge in [0.15, 0.2) is 0 Å². The number of aliphatic imine (C=N–C) groups is 1. The zero-order valence-corrected chi connectivity index (χ0v) is 7.51. The molecular formula is C11H9NO2. The zero-order valence-electron chi connectivity index (χ0n) is 7.51. The van der Waals surface area contributed by atoms with Crippen molar-refractivity contribution in [3.8, 4) is 5.75 Å². The number of ether oxygens (including phenoxy) is 2. The van der Waals surface area contributed by atoms with Gasteiger partial charge in [-0.2, -0.15) is 0 Å². The van der Waals surface area contributed by atoms with Gasteiger partial charge in [-0.05, 0) is 6.07 Å². The molecule has 0 spiro atoms. The van der Waals surface area contributed by atoms with Gasteiger partial charge in [-0.3, -0.25) is 4.99 Å². The number of para-hydroxylation sites is 1. The van der Waals surface area contributed by atoms with Gasteiger partial charge >= 0.3 is 0 Å². The van der Waals surface area contributed by atoms with Crippen LogP contribution in [0.2, 0.25) is 0 Å². The molecule has 0 N–H and O–H groups in total. The summed E-state index contributed by atoms with van der Waals surface area (Å²) in [4.78, 5) is 4.24. The molecule has 1 aromatic carbocycles. The second-order valence-corrected chi connectivity index (χ2v) is 3.22. The van der Waals surface area contributed by atoms with Crippen molar-refractivity contribution in [2.45, 2.75) is 6.10 Å². The molecule has 0 saturated carbocycles. The second kappa shape index (κ2) is 2.96. The Kier molecular flexibility index (Phi) is 1.64. The van der Waals surface area contributed by atoms with E-state index in [0.29, 0.717) is 6.61 Å². The van der Waals surface area contributed by atoms with Gasteiger partial charge < -0.3 is 9.47 Å². The lowest BCUT2D eigenvalue weighted by Gasteiger charge is -2.26. The van der Waals surface area contributed by atoms with Crippen molar-refractivity contribution in [1.29, 1.82) is 0 Å². The van der Waals surface area contributed by atoms with Crippen molar-refractivity contribution in [3.05, 3.63) is 41.8 Å². The van der Waals surface area contributed by atoms with Crippen molar-refractivity contribution < 1.29 is 9.47 Å². The predicted octanol–water partition coefficient (Wildman–Crippen LogP) is 2.06. The quantitative estimate of drug-likeness (QED) is 0.622. The summed E-state index contributed by atoms with van der Waals surface area (Å²) in [7, 11) is 0. The first kappa shape index (κ1) is 7.76. The minimum atomic E-state index is -0.0510. The van der Waals surface area contributed by atoms with Gasteiger partial charge in [0, 0.05) is 11.8 Å². The van der Waals surface area contributed by atoms with E-state index in [2.05, 4.69) is 4.99 Å². The van der Waals surface area contributed by atoms with Crippen LogP contribution >= 0.6 is 0 Å². The van der Waals surface area contributed by atoms with Crippen LogP contribution in [0, 0.1) is 0 Å². The molecule has 0 aliphatic carbocycles. The molecule has 2 aliphatic heterocycles. The molecule has 0 saturated heterocycles. The maximum atomic E-state index is 5.61. The summed E-state index contributed by atoms with van der Waals surface area (Å²) in [6.07, 6.45) is 3.35. The van der Waals surface area contributed by atoms with Crippen LogP contribution < -0.4 is 4.74 Å². The lowest BCUT2D eigenvalue weighted by Crippen LogP contribution is -2.17. The van der Waals surface area contributed by atoms with E-state index in [1.165, 1.54) is 0 Å². The van der Waals surface area contributed by atoms with Gasteiger partial charge in [0.05, 0.1) is 6.61 Å². The number of benzene rings is 1. The molecule has 3 heteroatoms. The monoisotopic (exact) mass is 187 g/mol. The molecule has 1 atom stereocenters. The van der Waals surface area contributed by atoms with Gasteiger partial charge in [0.25, 0.3) is 0 Å². The van der Waals surface area contributed by atoms with Crippen molar-refractivity contribution in [2.75, 3.05) is 6.61 Å². The number of hydrogen-bond acceptors (Lipinski definition) is 3. The number of hydrogen-bond donors (Lipinski definition) is 0. The topological polar surface area (TPSA) is 30.8 Å². The Morgan fingerprint density at radius 3 is 3.21 bits per heavy atom. The van der Waals surface area contributed by atoms with E-state index in [9.17, 15) is 0 Å². The van der Waals surface area contributed by atoms with E-state index >= 15 is 0 Å². The normalized spacial score (nSPS) is 23.1. The van der Waals surface area contributed by atoms with Crippen LogP contribution in [-0.2, 0) is 4.74 Å². The third-order valence-corrected chi connectivity index (χ3v) is 2.35. The summed E-state index contributed by atoms with van der Waals surface area (Å²) in [5.74, 6) is 0.860. The molecule has 14 heavy (non-hydrogen) atoms. The van der Waals surface area contributed by atoms with E-state index in [4.69, 9.17) is 9.47 Å². The average Bonchev–Trinajstić information content (AvgIpc) is 2.29. The maximum absolute atomic E-state index is 5.61. The number of nitrogens with zero attached hydrogens (tertiary/aromatic N) is 1. The van der Waals surface area contributed by atoms with Gasteiger partial charge in [-0.15, -0.1) is 0 Å².